The first kappa shape index (κ1) is 22.2. The Kier molecular flexibility index (Phi) is 7.88. The molecule has 0 fully saturated rings. The van der Waals surface area contributed by atoms with Crippen molar-refractivity contribution in [3.8, 4) is 11.5 Å². The molecule has 150 valence electrons. The molecule has 0 spiro atoms. The molecule has 0 saturated heterocycles. The number of rotatable bonds is 6. The zero-order chi connectivity index (χ0) is 20.7. The van der Waals surface area contributed by atoms with Gasteiger partial charge in [0.05, 0.1) is 4.47 Å². The number of carbonyl (C=O) groups is 2. The average molecular weight is 514 g/mol. The molecule has 2 aromatic carbocycles. The van der Waals surface area contributed by atoms with E-state index in [1.807, 2.05) is 24.3 Å². The molecule has 0 saturated carbocycles. The van der Waals surface area contributed by atoms with Crippen LogP contribution in [0.2, 0.25) is 0 Å². The van der Waals surface area contributed by atoms with Crippen LogP contribution in [-0.4, -0.2) is 25.0 Å². The highest BCUT2D eigenvalue weighted by molar-refractivity contribution is 9.11. The van der Waals surface area contributed by atoms with Crippen LogP contribution in [0.1, 0.15) is 26.3 Å². The molecule has 2 aromatic rings. The lowest BCUT2D eigenvalue weighted by Crippen LogP contribution is -2.45. The molecule has 6 nitrogen and oxygen atoms in total. The fourth-order valence-corrected chi connectivity index (χ4v) is 3.31. The van der Waals surface area contributed by atoms with Crippen LogP contribution in [0, 0.1) is 0 Å². The fourth-order valence-electron chi connectivity index (χ4n) is 2.15. The molecule has 0 unspecified atom stereocenters. The van der Waals surface area contributed by atoms with E-state index in [4.69, 9.17) is 9.47 Å². The molecule has 0 bridgehead atoms. The second-order valence-corrected chi connectivity index (χ2v) is 8.79. The summed E-state index contributed by atoms with van der Waals surface area (Å²) in [6.45, 7) is 5.91. The lowest BCUT2D eigenvalue weighted by Gasteiger charge is -2.19. The van der Waals surface area contributed by atoms with Crippen molar-refractivity contribution in [2.45, 2.75) is 26.2 Å². The number of amides is 2. The number of hydrogen-bond acceptors (Lipinski definition) is 4. The summed E-state index contributed by atoms with van der Waals surface area (Å²) in [5.41, 5.74) is 5.79. The summed E-state index contributed by atoms with van der Waals surface area (Å²) in [4.78, 5) is 23.6. The highest BCUT2D eigenvalue weighted by Crippen LogP contribution is 2.28. The van der Waals surface area contributed by atoms with Gasteiger partial charge in [0.25, 0.3) is 11.8 Å². The van der Waals surface area contributed by atoms with Gasteiger partial charge in [-0.2, -0.15) is 0 Å². The van der Waals surface area contributed by atoms with Crippen LogP contribution in [0.25, 0.3) is 0 Å². The topological polar surface area (TPSA) is 76.7 Å². The molecule has 0 atom stereocenters. The standard InChI is InChI=1S/C20H22Br2N2O4/c1-20(2,3)13-4-7-15(8-5-13)27-11-18(25)23-24-19(26)12-28-17-9-6-14(21)10-16(17)22/h4-10H,11-12H2,1-3H3,(H,23,25)(H,24,26). The summed E-state index contributed by atoms with van der Waals surface area (Å²) in [5.74, 6) is 0.139. The van der Waals surface area contributed by atoms with Gasteiger partial charge in [0.15, 0.2) is 13.2 Å². The largest absolute Gasteiger partial charge is 0.484 e. The second kappa shape index (κ2) is 9.93. The third-order valence-electron chi connectivity index (χ3n) is 3.68. The Bertz CT molecular complexity index is 833. The van der Waals surface area contributed by atoms with Crippen LogP contribution in [0.4, 0.5) is 0 Å². The lowest BCUT2D eigenvalue weighted by atomic mass is 9.87. The van der Waals surface area contributed by atoms with E-state index in [-0.39, 0.29) is 18.6 Å². The van der Waals surface area contributed by atoms with Gasteiger partial charge in [-0.3, -0.25) is 20.4 Å². The summed E-state index contributed by atoms with van der Waals surface area (Å²) in [7, 11) is 0. The van der Waals surface area contributed by atoms with Crippen molar-refractivity contribution in [3.05, 3.63) is 57.0 Å². The Morgan fingerprint density at radius 1 is 0.893 bits per heavy atom. The molecule has 0 radical (unpaired) electrons. The zero-order valence-corrected chi connectivity index (χ0v) is 19.0. The van der Waals surface area contributed by atoms with Crippen LogP contribution in [0.15, 0.2) is 51.4 Å². The minimum Gasteiger partial charge on any atom is -0.484 e. The first-order valence-corrected chi connectivity index (χ1v) is 10.1. The smallest absolute Gasteiger partial charge is 0.276 e. The highest BCUT2D eigenvalue weighted by atomic mass is 79.9. The number of nitrogens with one attached hydrogen (secondary N) is 2. The number of ether oxygens (including phenoxy) is 2. The third-order valence-corrected chi connectivity index (χ3v) is 4.80. The Morgan fingerprint density at radius 3 is 2.00 bits per heavy atom. The van der Waals surface area contributed by atoms with Gasteiger partial charge in [-0.15, -0.1) is 0 Å². The summed E-state index contributed by atoms with van der Waals surface area (Å²) >= 11 is 6.68. The number of hydrogen-bond donors (Lipinski definition) is 2. The van der Waals surface area contributed by atoms with E-state index >= 15 is 0 Å². The predicted molar refractivity (Wildman–Crippen MR) is 114 cm³/mol. The zero-order valence-electron chi connectivity index (χ0n) is 15.8. The Morgan fingerprint density at radius 2 is 1.46 bits per heavy atom. The van der Waals surface area contributed by atoms with E-state index in [2.05, 4.69) is 63.5 Å². The second-order valence-electron chi connectivity index (χ2n) is 7.02. The van der Waals surface area contributed by atoms with E-state index in [1.165, 1.54) is 5.56 Å². The van der Waals surface area contributed by atoms with Gasteiger partial charge in [-0.25, -0.2) is 0 Å². The first-order valence-electron chi connectivity index (χ1n) is 8.54. The van der Waals surface area contributed by atoms with Gasteiger partial charge >= 0.3 is 0 Å². The van der Waals surface area contributed by atoms with Gasteiger partial charge in [-0.05, 0) is 57.2 Å². The van der Waals surface area contributed by atoms with E-state index < -0.39 is 11.8 Å². The lowest BCUT2D eigenvalue weighted by molar-refractivity contribution is -0.131. The molecule has 0 aliphatic rings. The molecule has 0 heterocycles. The predicted octanol–water partition coefficient (Wildman–Crippen LogP) is 4.11. The molecular formula is C20H22Br2N2O4. The normalized spacial score (nSPS) is 10.9. The number of halogens is 2. The van der Waals surface area contributed by atoms with Crippen molar-refractivity contribution in [2.75, 3.05) is 13.2 Å². The van der Waals surface area contributed by atoms with Crippen molar-refractivity contribution in [2.24, 2.45) is 0 Å². The van der Waals surface area contributed by atoms with Crippen molar-refractivity contribution >= 4 is 43.7 Å². The quantitative estimate of drug-likeness (QED) is 0.570. The highest BCUT2D eigenvalue weighted by Gasteiger charge is 2.13. The Hall–Kier alpha value is -2.06. The van der Waals surface area contributed by atoms with Gasteiger partial charge in [-0.1, -0.05) is 48.8 Å². The molecule has 2 N–H and O–H groups in total. The van der Waals surface area contributed by atoms with E-state index in [0.29, 0.717) is 16.0 Å². The van der Waals surface area contributed by atoms with Gasteiger partial charge < -0.3 is 9.47 Å². The molecule has 28 heavy (non-hydrogen) atoms. The summed E-state index contributed by atoms with van der Waals surface area (Å²) in [5, 5.41) is 0. The molecule has 8 heteroatoms. The Balaban J connectivity index is 1.71. The molecule has 0 aromatic heterocycles. The summed E-state index contributed by atoms with van der Waals surface area (Å²) < 4.78 is 12.4. The van der Waals surface area contributed by atoms with Crippen LogP contribution in [0.3, 0.4) is 0 Å². The Labute approximate surface area is 181 Å². The van der Waals surface area contributed by atoms with Crippen molar-refractivity contribution in [1.82, 2.24) is 10.9 Å². The molecular weight excluding hydrogens is 492 g/mol. The molecule has 2 amide bonds. The van der Waals surface area contributed by atoms with Crippen molar-refractivity contribution < 1.29 is 19.1 Å². The molecule has 2 rings (SSSR count). The maximum Gasteiger partial charge on any atom is 0.276 e. The van der Waals surface area contributed by atoms with Crippen LogP contribution in [0.5, 0.6) is 11.5 Å². The van der Waals surface area contributed by atoms with Crippen LogP contribution >= 0.6 is 31.9 Å². The average Bonchev–Trinajstić information content (AvgIpc) is 2.63. The molecule has 0 aliphatic heterocycles. The first-order chi connectivity index (χ1) is 13.1. The maximum absolute atomic E-state index is 11.8. The van der Waals surface area contributed by atoms with E-state index in [0.717, 1.165) is 4.47 Å². The maximum atomic E-state index is 11.8. The summed E-state index contributed by atoms with van der Waals surface area (Å²) in [6.07, 6.45) is 0. The SMILES string of the molecule is CC(C)(C)c1ccc(OCC(=O)NNC(=O)COc2ccc(Br)cc2Br)cc1. The van der Waals surface area contributed by atoms with Crippen LogP contribution in [-0.2, 0) is 15.0 Å². The van der Waals surface area contributed by atoms with Gasteiger partial charge in [0.1, 0.15) is 11.5 Å². The summed E-state index contributed by atoms with van der Waals surface area (Å²) in [6, 6.07) is 12.9. The van der Waals surface area contributed by atoms with Crippen molar-refractivity contribution in [1.29, 1.82) is 0 Å². The van der Waals surface area contributed by atoms with Gasteiger partial charge in [0.2, 0.25) is 0 Å². The number of hydrazine groups is 1. The number of carbonyl (C=O) groups excluding carboxylic acids is 2. The van der Waals surface area contributed by atoms with Crippen molar-refractivity contribution in [3.63, 3.8) is 0 Å². The van der Waals surface area contributed by atoms with Crippen LogP contribution < -0.4 is 20.3 Å². The fraction of sp³-hybridized carbons (Fsp3) is 0.300. The number of benzene rings is 2. The van der Waals surface area contributed by atoms with E-state index in [9.17, 15) is 9.59 Å². The monoisotopic (exact) mass is 512 g/mol. The van der Waals surface area contributed by atoms with Gasteiger partial charge in [0, 0.05) is 4.47 Å². The third kappa shape index (κ3) is 7.16. The molecule has 0 aliphatic carbocycles. The minimum absolute atomic E-state index is 0.0497. The minimum atomic E-state index is -0.488. The van der Waals surface area contributed by atoms with E-state index in [1.54, 1.807) is 18.2 Å².